The van der Waals surface area contributed by atoms with E-state index in [4.69, 9.17) is 0 Å². The molecule has 2 heterocycles. The molecule has 5 nitrogen and oxygen atoms in total. The van der Waals surface area contributed by atoms with Gasteiger partial charge in [-0.1, -0.05) is 30.3 Å². The number of hydrogen-bond donors (Lipinski definition) is 2. The molecule has 0 unspecified atom stereocenters. The van der Waals surface area contributed by atoms with Gasteiger partial charge in [0.15, 0.2) is 0 Å². The summed E-state index contributed by atoms with van der Waals surface area (Å²) in [4.78, 5) is 30.8. The normalized spacial score (nSPS) is 14.1. The standard InChI is InChI=1S/C21H21N3O2S/c25-20(22-11-9-15-13-23-17-6-2-1-5-16(15)17)14-24-18-7-3-4-8-19(18)27-12-10-21(24)26/h1-8,13,23H,9-12,14H2,(H,22,25). The molecule has 0 aliphatic carbocycles. The minimum atomic E-state index is -0.134. The molecule has 4 rings (SSSR count). The third-order valence-corrected chi connectivity index (χ3v) is 5.79. The zero-order valence-electron chi connectivity index (χ0n) is 14.9. The molecule has 2 amide bonds. The van der Waals surface area contributed by atoms with Crippen molar-refractivity contribution in [3.8, 4) is 0 Å². The van der Waals surface area contributed by atoms with E-state index in [0.29, 0.717) is 13.0 Å². The van der Waals surface area contributed by atoms with Gasteiger partial charge in [0.2, 0.25) is 11.8 Å². The maximum atomic E-state index is 12.5. The predicted molar refractivity (Wildman–Crippen MR) is 109 cm³/mol. The van der Waals surface area contributed by atoms with Gasteiger partial charge >= 0.3 is 0 Å². The minimum absolute atomic E-state index is 0.000714. The van der Waals surface area contributed by atoms with Crippen molar-refractivity contribution >= 4 is 40.2 Å². The summed E-state index contributed by atoms with van der Waals surface area (Å²) in [6, 6.07) is 15.9. The summed E-state index contributed by atoms with van der Waals surface area (Å²) in [7, 11) is 0. The van der Waals surface area contributed by atoms with Gasteiger partial charge < -0.3 is 15.2 Å². The lowest BCUT2D eigenvalue weighted by Gasteiger charge is -2.22. The fourth-order valence-corrected chi connectivity index (χ4v) is 4.37. The molecule has 2 aromatic carbocycles. The Morgan fingerprint density at radius 1 is 1.15 bits per heavy atom. The summed E-state index contributed by atoms with van der Waals surface area (Å²) in [5.41, 5.74) is 3.11. The Kier molecular flexibility index (Phi) is 5.16. The molecule has 0 saturated carbocycles. The first kappa shape index (κ1) is 17.7. The monoisotopic (exact) mass is 379 g/mol. The average Bonchev–Trinajstić information content (AvgIpc) is 3.02. The largest absolute Gasteiger partial charge is 0.361 e. The minimum Gasteiger partial charge on any atom is -0.361 e. The highest BCUT2D eigenvalue weighted by Crippen LogP contribution is 2.33. The highest BCUT2D eigenvalue weighted by Gasteiger charge is 2.24. The van der Waals surface area contributed by atoms with E-state index in [0.717, 1.165) is 28.3 Å². The zero-order chi connectivity index (χ0) is 18.6. The van der Waals surface area contributed by atoms with Gasteiger partial charge in [-0.15, -0.1) is 11.8 Å². The fraction of sp³-hybridized carbons (Fsp3) is 0.238. The van der Waals surface area contributed by atoms with Crippen LogP contribution in [-0.4, -0.2) is 35.6 Å². The van der Waals surface area contributed by atoms with Crippen LogP contribution in [0, 0.1) is 0 Å². The number of nitrogens with zero attached hydrogens (tertiary/aromatic N) is 1. The van der Waals surface area contributed by atoms with E-state index in [1.165, 1.54) is 10.9 Å². The van der Waals surface area contributed by atoms with Gasteiger partial charge in [0.25, 0.3) is 0 Å². The number of nitrogens with one attached hydrogen (secondary N) is 2. The Bertz CT molecular complexity index is 982. The molecule has 0 radical (unpaired) electrons. The number of benzene rings is 2. The van der Waals surface area contributed by atoms with Gasteiger partial charge in [0.1, 0.15) is 6.54 Å². The highest BCUT2D eigenvalue weighted by atomic mass is 32.2. The summed E-state index contributed by atoms with van der Waals surface area (Å²) >= 11 is 1.66. The van der Waals surface area contributed by atoms with Crippen molar-refractivity contribution < 1.29 is 9.59 Å². The lowest BCUT2D eigenvalue weighted by atomic mass is 10.1. The summed E-state index contributed by atoms with van der Waals surface area (Å²) in [5, 5.41) is 4.13. The highest BCUT2D eigenvalue weighted by molar-refractivity contribution is 7.99. The Morgan fingerprint density at radius 2 is 1.96 bits per heavy atom. The maximum absolute atomic E-state index is 12.5. The van der Waals surface area contributed by atoms with Crippen molar-refractivity contribution in [2.45, 2.75) is 17.7 Å². The molecule has 0 spiro atoms. The van der Waals surface area contributed by atoms with Crippen molar-refractivity contribution in [1.82, 2.24) is 10.3 Å². The summed E-state index contributed by atoms with van der Waals surface area (Å²) in [6.45, 7) is 0.601. The van der Waals surface area contributed by atoms with Gasteiger partial charge in [-0.25, -0.2) is 0 Å². The van der Waals surface area contributed by atoms with Crippen LogP contribution in [0.25, 0.3) is 10.9 Å². The van der Waals surface area contributed by atoms with Crippen LogP contribution >= 0.6 is 11.8 Å². The van der Waals surface area contributed by atoms with E-state index >= 15 is 0 Å². The van der Waals surface area contributed by atoms with Gasteiger partial charge in [0.05, 0.1) is 5.69 Å². The Hall–Kier alpha value is -2.73. The van der Waals surface area contributed by atoms with Crippen LogP contribution in [-0.2, 0) is 16.0 Å². The van der Waals surface area contributed by atoms with E-state index in [1.807, 2.05) is 48.7 Å². The first-order valence-electron chi connectivity index (χ1n) is 9.06. The molecule has 0 bridgehead atoms. The van der Waals surface area contributed by atoms with Gasteiger partial charge in [0, 0.05) is 40.7 Å². The Morgan fingerprint density at radius 3 is 2.89 bits per heavy atom. The van der Waals surface area contributed by atoms with Crippen LogP contribution in [0.1, 0.15) is 12.0 Å². The lowest BCUT2D eigenvalue weighted by Crippen LogP contribution is -2.41. The van der Waals surface area contributed by atoms with E-state index in [2.05, 4.69) is 16.4 Å². The van der Waals surface area contributed by atoms with E-state index in [9.17, 15) is 9.59 Å². The first-order chi connectivity index (χ1) is 13.2. The fourth-order valence-electron chi connectivity index (χ4n) is 3.37. The van der Waals surface area contributed by atoms with Crippen LogP contribution in [0.2, 0.25) is 0 Å². The number of fused-ring (bicyclic) bond motifs is 2. The van der Waals surface area contributed by atoms with Gasteiger partial charge in [-0.2, -0.15) is 0 Å². The number of carbonyl (C=O) groups excluding carboxylic acids is 2. The number of amides is 2. The second-order valence-corrected chi connectivity index (χ2v) is 7.64. The number of aromatic nitrogens is 1. The van der Waals surface area contributed by atoms with E-state index in [-0.39, 0.29) is 18.4 Å². The summed E-state index contributed by atoms with van der Waals surface area (Å²) in [5.74, 6) is 0.610. The van der Waals surface area contributed by atoms with Crippen molar-refractivity contribution in [3.05, 3.63) is 60.3 Å². The third kappa shape index (κ3) is 3.85. The molecule has 138 valence electrons. The van der Waals surface area contributed by atoms with Crippen molar-refractivity contribution in [3.63, 3.8) is 0 Å². The molecule has 0 atom stereocenters. The van der Waals surface area contributed by atoms with Crippen molar-refractivity contribution in [1.29, 1.82) is 0 Å². The van der Waals surface area contributed by atoms with Crippen LogP contribution in [0.3, 0.4) is 0 Å². The van der Waals surface area contributed by atoms with Gasteiger partial charge in [-0.05, 0) is 30.2 Å². The maximum Gasteiger partial charge on any atom is 0.240 e. The van der Waals surface area contributed by atoms with Crippen molar-refractivity contribution in [2.75, 3.05) is 23.7 Å². The third-order valence-electron chi connectivity index (χ3n) is 4.72. The second kappa shape index (κ2) is 7.88. The molecule has 27 heavy (non-hydrogen) atoms. The smallest absolute Gasteiger partial charge is 0.240 e. The molecule has 6 heteroatoms. The lowest BCUT2D eigenvalue weighted by molar-refractivity contribution is -0.123. The molecule has 3 aromatic rings. The number of rotatable bonds is 5. The first-order valence-corrected chi connectivity index (χ1v) is 10.0. The van der Waals surface area contributed by atoms with Crippen LogP contribution < -0.4 is 10.2 Å². The Labute approximate surface area is 162 Å². The molecule has 1 aliphatic heterocycles. The number of anilines is 1. The van der Waals surface area contributed by atoms with Gasteiger partial charge in [-0.3, -0.25) is 9.59 Å². The van der Waals surface area contributed by atoms with E-state index < -0.39 is 0 Å². The quantitative estimate of drug-likeness (QED) is 0.714. The SMILES string of the molecule is O=C(CN1C(=O)CCSc2ccccc21)NCCc1c[nH]c2ccccc12. The average molecular weight is 379 g/mol. The molecular weight excluding hydrogens is 358 g/mol. The number of H-pyrrole nitrogens is 1. The second-order valence-electron chi connectivity index (χ2n) is 6.51. The molecule has 0 saturated heterocycles. The Balaban J connectivity index is 1.38. The topological polar surface area (TPSA) is 65.2 Å². The molecule has 1 aliphatic rings. The van der Waals surface area contributed by atoms with Crippen LogP contribution in [0.15, 0.2) is 59.6 Å². The molecule has 0 fully saturated rings. The zero-order valence-corrected chi connectivity index (χ0v) is 15.7. The van der Waals surface area contributed by atoms with Crippen molar-refractivity contribution in [2.24, 2.45) is 0 Å². The molecular formula is C21H21N3O2S. The molecule has 1 aromatic heterocycles. The van der Waals surface area contributed by atoms with Crippen LogP contribution in [0.5, 0.6) is 0 Å². The number of aromatic amines is 1. The van der Waals surface area contributed by atoms with E-state index in [1.54, 1.807) is 16.7 Å². The number of carbonyl (C=O) groups is 2. The number of thioether (sulfide) groups is 1. The molecule has 2 N–H and O–H groups in total. The summed E-state index contributed by atoms with van der Waals surface area (Å²) < 4.78 is 0. The number of para-hydroxylation sites is 2. The summed E-state index contributed by atoms with van der Waals surface area (Å²) in [6.07, 6.45) is 3.18. The number of hydrogen-bond acceptors (Lipinski definition) is 3. The predicted octanol–water partition coefficient (Wildman–Crippen LogP) is 3.36. The van der Waals surface area contributed by atoms with Crippen LogP contribution in [0.4, 0.5) is 5.69 Å².